The summed E-state index contributed by atoms with van der Waals surface area (Å²) in [7, 11) is 4.17. The Bertz CT molecular complexity index is 312. The molecular formula is C17H30N2O. The molecule has 0 aliphatic heterocycles. The standard InChI is InChI=1S/C17H30N2O/c1-15(2)10-11-18-14-16-6-8-17(9-7-16)20-13-5-12-19(3)4/h6-9,15,18H,5,10-14H2,1-4H3. The highest BCUT2D eigenvalue weighted by molar-refractivity contribution is 5.27. The van der Waals surface area contributed by atoms with Gasteiger partial charge in [-0.25, -0.2) is 0 Å². The number of nitrogens with zero attached hydrogens (tertiary/aromatic N) is 1. The van der Waals surface area contributed by atoms with Crippen molar-refractivity contribution in [2.24, 2.45) is 5.92 Å². The van der Waals surface area contributed by atoms with Crippen LogP contribution in [0.4, 0.5) is 0 Å². The molecule has 0 bridgehead atoms. The minimum atomic E-state index is 0.764. The fourth-order valence-corrected chi connectivity index (χ4v) is 1.90. The van der Waals surface area contributed by atoms with Crippen molar-refractivity contribution in [1.82, 2.24) is 10.2 Å². The first-order valence-electron chi connectivity index (χ1n) is 7.65. The van der Waals surface area contributed by atoms with Crippen LogP contribution in [0.1, 0.15) is 32.3 Å². The zero-order valence-corrected chi connectivity index (χ0v) is 13.5. The second kappa shape index (κ2) is 9.78. The van der Waals surface area contributed by atoms with Crippen LogP contribution in [0, 0.1) is 5.92 Å². The molecule has 0 aromatic heterocycles. The first-order valence-corrected chi connectivity index (χ1v) is 7.65. The van der Waals surface area contributed by atoms with E-state index in [2.05, 4.69) is 62.4 Å². The van der Waals surface area contributed by atoms with Crippen molar-refractivity contribution < 1.29 is 4.74 Å². The third-order valence-electron chi connectivity index (χ3n) is 3.17. The molecule has 20 heavy (non-hydrogen) atoms. The smallest absolute Gasteiger partial charge is 0.119 e. The third kappa shape index (κ3) is 8.18. The molecule has 114 valence electrons. The summed E-state index contributed by atoms with van der Waals surface area (Å²) < 4.78 is 5.72. The van der Waals surface area contributed by atoms with Crippen molar-refractivity contribution in [1.29, 1.82) is 0 Å². The van der Waals surface area contributed by atoms with Crippen molar-refractivity contribution in [2.75, 3.05) is 33.8 Å². The molecule has 0 aliphatic carbocycles. The predicted octanol–water partition coefficient (Wildman–Crippen LogP) is 3.15. The van der Waals surface area contributed by atoms with Gasteiger partial charge in [0.1, 0.15) is 5.75 Å². The minimum Gasteiger partial charge on any atom is -0.494 e. The van der Waals surface area contributed by atoms with E-state index in [-0.39, 0.29) is 0 Å². The molecule has 0 aliphatic rings. The summed E-state index contributed by atoms with van der Waals surface area (Å²) in [6, 6.07) is 8.41. The number of hydrogen-bond acceptors (Lipinski definition) is 3. The van der Waals surface area contributed by atoms with Gasteiger partial charge in [-0.2, -0.15) is 0 Å². The van der Waals surface area contributed by atoms with Crippen LogP contribution in [0.5, 0.6) is 5.75 Å². The molecule has 0 saturated carbocycles. The number of benzene rings is 1. The van der Waals surface area contributed by atoms with Gasteiger partial charge >= 0.3 is 0 Å². The number of rotatable bonds is 10. The Morgan fingerprint density at radius 2 is 1.85 bits per heavy atom. The molecule has 0 amide bonds. The normalized spacial score (nSPS) is 11.3. The van der Waals surface area contributed by atoms with Crippen LogP contribution >= 0.6 is 0 Å². The van der Waals surface area contributed by atoms with Gasteiger partial charge in [0.2, 0.25) is 0 Å². The Labute approximate surface area is 124 Å². The molecule has 0 heterocycles. The molecule has 0 fully saturated rings. The van der Waals surface area contributed by atoms with Crippen LogP contribution in [-0.2, 0) is 6.54 Å². The highest BCUT2D eigenvalue weighted by Crippen LogP contribution is 2.12. The van der Waals surface area contributed by atoms with E-state index >= 15 is 0 Å². The summed E-state index contributed by atoms with van der Waals surface area (Å²) in [5, 5.41) is 3.47. The van der Waals surface area contributed by atoms with Crippen LogP contribution < -0.4 is 10.1 Å². The maximum Gasteiger partial charge on any atom is 0.119 e. The van der Waals surface area contributed by atoms with Gasteiger partial charge in [0.25, 0.3) is 0 Å². The van der Waals surface area contributed by atoms with Crippen molar-refractivity contribution in [2.45, 2.75) is 33.2 Å². The van der Waals surface area contributed by atoms with Crippen LogP contribution in [0.3, 0.4) is 0 Å². The fraction of sp³-hybridized carbons (Fsp3) is 0.647. The Morgan fingerprint density at radius 1 is 1.15 bits per heavy atom. The van der Waals surface area contributed by atoms with Gasteiger partial charge < -0.3 is 15.0 Å². The van der Waals surface area contributed by atoms with Gasteiger partial charge in [-0.3, -0.25) is 0 Å². The van der Waals surface area contributed by atoms with Gasteiger partial charge in [-0.05, 0) is 57.1 Å². The molecule has 1 aromatic rings. The Balaban J connectivity index is 2.19. The highest BCUT2D eigenvalue weighted by Gasteiger charge is 1.98. The van der Waals surface area contributed by atoms with E-state index in [9.17, 15) is 0 Å². The zero-order valence-electron chi connectivity index (χ0n) is 13.5. The number of hydrogen-bond donors (Lipinski definition) is 1. The molecule has 0 spiro atoms. The SMILES string of the molecule is CC(C)CCNCc1ccc(OCCCN(C)C)cc1. The topological polar surface area (TPSA) is 24.5 Å². The van der Waals surface area contributed by atoms with E-state index in [1.165, 1.54) is 12.0 Å². The Hall–Kier alpha value is -1.06. The molecule has 0 unspecified atom stereocenters. The van der Waals surface area contributed by atoms with Crippen molar-refractivity contribution in [3.05, 3.63) is 29.8 Å². The summed E-state index contributed by atoms with van der Waals surface area (Å²) >= 11 is 0. The van der Waals surface area contributed by atoms with E-state index in [1.807, 2.05) is 0 Å². The quantitative estimate of drug-likeness (QED) is 0.665. The summed E-state index contributed by atoms with van der Waals surface area (Å²) in [5.41, 5.74) is 1.31. The molecule has 0 atom stereocenters. The molecule has 0 radical (unpaired) electrons. The lowest BCUT2D eigenvalue weighted by Crippen LogP contribution is -2.16. The van der Waals surface area contributed by atoms with E-state index in [4.69, 9.17) is 4.74 Å². The van der Waals surface area contributed by atoms with Crippen LogP contribution in [0.15, 0.2) is 24.3 Å². The lowest BCUT2D eigenvalue weighted by molar-refractivity contribution is 0.281. The van der Waals surface area contributed by atoms with Gasteiger partial charge in [0.15, 0.2) is 0 Å². The average Bonchev–Trinajstić information content (AvgIpc) is 2.41. The van der Waals surface area contributed by atoms with Crippen molar-refractivity contribution in [3.63, 3.8) is 0 Å². The van der Waals surface area contributed by atoms with E-state index < -0.39 is 0 Å². The summed E-state index contributed by atoms with van der Waals surface area (Å²) in [5.74, 6) is 1.73. The van der Waals surface area contributed by atoms with Crippen molar-refractivity contribution in [3.8, 4) is 5.75 Å². The summed E-state index contributed by atoms with van der Waals surface area (Å²) in [6.07, 6.45) is 2.29. The van der Waals surface area contributed by atoms with Gasteiger partial charge in [-0.15, -0.1) is 0 Å². The molecule has 3 heteroatoms. The van der Waals surface area contributed by atoms with Gasteiger partial charge in [0.05, 0.1) is 6.61 Å². The molecule has 1 aromatic carbocycles. The first-order chi connectivity index (χ1) is 9.58. The molecular weight excluding hydrogens is 248 g/mol. The maximum atomic E-state index is 5.72. The van der Waals surface area contributed by atoms with Gasteiger partial charge in [-0.1, -0.05) is 26.0 Å². The highest BCUT2D eigenvalue weighted by atomic mass is 16.5. The lowest BCUT2D eigenvalue weighted by Gasteiger charge is -2.11. The van der Waals surface area contributed by atoms with E-state index in [0.717, 1.165) is 44.3 Å². The fourth-order valence-electron chi connectivity index (χ4n) is 1.90. The van der Waals surface area contributed by atoms with E-state index in [1.54, 1.807) is 0 Å². The largest absolute Gasteiger partial charge is 0.494 e. The molecule has 1 N–H and O–H groups in total. The summed E-state index contributed by atoms with van der Waals surface area (Å²) in [6.45, 7) is 8.38. The second-order valence-corrected chi connectivity index (χ2v) is 6.01. The first kappa shape index (κ1) is 17.0. The Kier molecular flexibility index (Phi) is 8.31. The van der Waals surface area contributed by atoms with Crippen molar-refractivity contribution >= 4 is 0 Å². The third-order valence-corrected chi connectivity index (χ3v) is 3.17. The second-order valence-electron chi connectivity index (χ2n) is 6.01. The van der Waals surface area contributed by atoms with Crippen LogP contribution in [-0.4, -0.2) is 38.7 Å². The van der Waals surface area contributed by atoms with Crippen LogP contribution in [0.2, 0.25) is 0 Å². The maximum absolute atomic E-state index is 5.72. The number of nitrogens with one attached hydrogen (secondary N) is 1. The zero-order chi connectivity index (χ0) is 14.8. The average molecular weight is 278 g/mol. The predicted molar refractivity (Wildman–Crippen MR) is 86.3 cm³/mol. The van der Waals surface area contributed by atoms with Crippen LogP contribution in [0.25, 0.3) is 0 Å². The molecule has 0 saturated heterocycles. The minimum absolute atomic E-state index is 0.764. The molecule has 3 nitrogen and oxygen atoms in total. The number of ether oxygens (including phenoxy) is 1. The molecule has 1 rings (SSSR count). The lowest BCUT2D eigenvalue weighted by atomic mass is 10.1. The monoisotopic (exact) mass is 278 g/mol. The summed E-state index contributed by atoms with van der Waals surface area (Å²) in [4.78, 5) is 2.18. The van der Waals surface area contributed by atoms with E-state index in [0.29, 0.717) is 0 Å². The Morgan fingerprint density at radius 3 is 2.45 bits per heavy atom. The van der Waals surface area contributed by atoms with Gasteiger partial charge in [0, 0.05) is 13.1 Å².